The molecule has 0 spiro atoms. The van der Waals surface area contributed by atoms with Gasteiger partial charge in [-0.1, -0.05) is 18.2 Å². The minimum atomic E-state index is -0.541. The molecule has 2 rings (SSSR count). The van der Waals surface area contributed by atoms with Gasteiger partial charge in [-0.2, -0.15) is 5.26 Å². The lowest BCUT2D eigenvalue weighted by Gasteiger charge is -2.04. The molecule has 120 valence electrons. The van der Waals surface area contributed by atoms with E-state index in [1.807, 2.05) is 6.07 Å². The van der Waals surface area contributed by atoms with Gasteiger partial charge >= 0.3 is 0 Å². The van der Waals surface area contributed by atoms with Crippen LogP contribution in [0.5, 0.6) is 0 Å². The lowest BCUT2D eigenvalue weighted by Crippen LogP contribution is -2.20. The van der Waals surface area contributed by atoms with Crippen LogP contribution in [0.1, 0.15) is 27.0 Å². The van der Waals surface area contributed by atoms with Crippen LogP contribution in [-0.2, 0) is 11.3 Å². The second-order valence-electron chi connectivity index (χ2n) is 4.96. The zero-order chi connectivity index (χ0) is 17.5. The lowest BCUT2D eigenvalue weighted by molar-refractivity contribution is -0.116. The van der Waals surface area contributed by atoms with Crippen molar-refractivity contribution in [3.63, 3.8) is 0 Å². The third kappa shape index (κ3) is 4.52. The highest BCUT2D eigenvalue weighted by Gasteiger charge is 2.05. The molecule has 24 heavy (non-hydrogen) atoms. The number of nitrogens with two attached hydrogens (primary N) is 1. The highest BCUT2D eigenvalue weighted by atomic mass is 19.1. The van der Waals surface area contributed by atoms with Crippen molar-refractivity contribution in [2.24, 2.45) is 5.73 Å². The van der Waals surface area contributed by atoms with E-state index < -0.39 is 17.6 Å². The molecular weight excluding hydrogens is 309 g/mol. The summed E-state index contributed by atoms with van der Waals surface area (Å²) in [6.07, 6.45) is 2.87. The van der Waals surface area contributed by atoms with E-state index in [9.17, 15) is 14.0 Å². The number of hydrogen-bond acceptors (Lipinski definition) is 3. The Bertz CT molecular complexity index is 836. The van der Waals surface area contributed by atoms with Crippen LogP contribution in [0.25, 0.3) is 6.08 Å². The third-order valence-corrected chi connectivity index (χ3v) is 3.26. The van der Waals surface area contributed by atoms with Gasteiger partial charge in [0.25, 0.3) is 0 Å². The Labute approximate surface area is 138 Å². The molecule has 2 amide bonds. The molecule has 5 nitrogen and oxygen atoms in total. The fourth-order valence-corrected chi connectivity index (χ4v) is 1.93. The van der Waals surface area contributed by atoms with Crippen molar-refractivity contribution in [3.8, 4) is 6.07 Å². The van der Waals surface area contributed by atoms with E-state index in [0.717, 1.165) is 11.6 Å². The van der Waals surface area contributed by atoms with Gasteiger partial charge in [-0.15, -0.1) is 0 Å². The van der Waals surface area contributed by atoms with E-state index in [2.05, 4.69) is 5.32 Å². The number of rotatable bonds is 5. The van der Waals surface area contributed by atoms with Gasteiger partial charge in [0.15, 0.2) is 0 Å². The molecule has 0 aliphatic carbocycles. The molecule has 0 aromatic heterocycles. The SMILES string of the molecule is N#Cc1ccc(CNC(=O)C=Cc2ccc(C(N)=O)cc2)c(F)c1. The van der Waals surface area contributed by atoms with Crippen molar-refractivity contribution in [1.29, 1.82) is 5.26 Å². The Morgan fingerprint density at radius 2 is 1.92 bits per heavy atom. The van der Waals surface area contributed by atoms with Gasteiger partial charge < -0.3 is 11.1 Å². The molecule has 0 fully saturated rings. The van der Waals surface area contributed by atoms with E-state index >= 15 is 0 Å². The summed E-state index contributed by atoms with van der Waals surface area (Å²) in [5.41, 5.74) is 6.76. The number of benzene rings is 2. The number of carbonyl (C=O) groups is 2. The number of nitriles is 1. The van der Waals surface area contributed by atoms with Crippen molar-refractivity contribution in [3.05, 3.63) is 76.6 Å². The summed E-state index contributed by atoms with van der Waals surface area (Å²) < 4.78 is 13.7. The predicted octanol–water partition coefficient (Wildman–Crippen LogP) is 2.13. The molecule has 0 atom stereocenters. The van der Waals surface area contributed by atoms with Crippen LogP contribution >= 0.6 is 0 Å². The number of nitrogens with zero attached hydrogens (tertiary/aromatic N) is 1. The van der Waals surface area contributed by atoms with Crippen molar-refractivity contribution >= 4 is 17.9 Å². The lowest BCUT2D eigenvalue weighted by atomic mass is 10.1. The van der Waals surface area contributed by atoms with Gasteiger partial charge in [0.1, 0.15) is 5.82 Å². The molecule has 0 aliphatic heterocycles. The van der Waals surface area contributed by atoms with Crippen molar-refractivity contribution in [2.75, 3.05) is 0 Å². The third-order valence-electron chi connectivity index (χ3n) is 3.26. The first-order chi connectivity index (χ1) is 11.5. The smallest absolute Gasteiger partial charge is 0.248 e. The number of primary amides is 1. The quantitative estimate of drug-likeness (QED) is 0.825. The normalized spacial score (nSPS) is 10.3. The fraction of sp³-hybridized carbons (Fsp3) is 0.0556. The highest BCUT2D eigenvalue weighted by molar-refractivity contribution is 5.94. The monoisotopic (exact) mass is 323 g/mol. The molecule has 6 heteroatoms. The molecular formula is C18H14FN3O2. The highest BCUT2D eigenvalue weighted by Crippen LogP contribution is 2.10. The minimum absolute atomic E-state index is 0.0152. The summed E-state index contributed by atoms with van der Waals surface area (Å²) in [4.78, 5) is 22.7. The number of carbonyl (C=O) groups excluding carboxylic acids is 2. The van der Waals surface area contributed by atoms with E-state index in [4.69, 9.17) is 11.0 Å². The number of nitrogens with one attached hydrogen (secondary N) is 1. The molecule has 0 heterocycles. The van der Waals surface area contributed by atoms with Crippen LogP contribution in [-0.4, -0.2) is 11.8 Å². The van der Waals surface area contributed by atoms with Gasteiger partial charge in [0.05, 0.1) is 11.6 Å². The second kappa shape index (κ2) is 7.70. The topological polar surface area (TPSA) is 96.0 Å². The molecule has 0 bridgehead atoms. The van der Waals surface area contributed by atoms with Crippen LogP contribution in [0.4, 0.5) is 4.39 Å². The van der Waals surface area contributed by atoms with Crippen LogP contribution in [0.2, 0.25) is 0 Å². The largest absolute Gasteiger partial charge is 0.366 e. The Balaban J connectivity index is 1.93. The first kappa shape index (κ1) is 16.9. The van der Waals surface area contributed by atoms with Crippen molar-refractivity contribution in [1.82, 2.24) is 5.32 Å². The summed E-state index contributed by atoms with van der Waals surface area (Å²) >= 11 is 0. The molecule has 0 aliphatic rings. The van der Waals surface area contributed by atoms with Crippen LogP contribution in [0.15, 0.2) is 48.5 Å². The maximum absolute atomic E-state index is 13.7. The Morgan fingerprint density at radius 3 is 2.50 bits per heavy atom. The van der Waals surface area contributed by atoms with Crippen LogP contribution in [0, 0.1) is 17.1 Å². The molecule has 0 radical (unpaired) electrons. The van der Waals surface area contributed by atoms with Crippen molar-refractivity contribution < 1.29 is 14.0 Å². The van der Waals surface area contributed by atoms with Crippen molar-refractivity contribution in [2.45, 2.75) is 6.54 Å². The van der Waals surface area contributed by atoms with Gasteiger partial charge in [0, 0.05) is 23.7 Å². The summed E-state index contributed by atoms with van der Waals surface area (Å²) in [6, 6.07) is 12.3. The van der Waals surface area contributed by atoms with E-state index in [-0.39, 0.29) is 12.1 Å². The summed E-state index contributed by atoms with van der Waals surface area (Å²) in [5, 5.41) is 11.2. The van der Waals surface area contributed by atoms with Gasteiger partial charge in [0.2, 0.25) is 11.8 Å². The van der Waals surface area contributed by atoms with Gasteiger partial charge in [-0.25, -0.2) is 4.39 Å². The van der Waals surface area contributed by atoms with Gasteiger partial charge in [-0.05, 0) is 35.9 Å². The summed E-state index contributed by atoms with van der Waals surface area (Å²) in [6.45, 7) is 0.0152. The Kier molecular flexibility index (Phi) is 5.42. The zero-order valence-electron chi connectivity index (χ0n) is 12.6. The standard InChI is InChI=1S/C18H14FN3O2/c19-16-9-13(10-20)3-7-15(16)11-22-17(23)8-4-12-1-5-14(6-2-12)18(21)24/h1-9H,11H2,(H2,21,24)(H,22,23). The Morgan fingerprint density at radius 1 is 1.21 bits per heavy atom. The average molecular weight is 323 g/mol. The van der Waals surface area contributed by atoms with Crippen LogP contribution < -0.4 is 11.1 Å². The first-order valence-electron chi connectivity index (χ1n) is 7.04. The molecule has 2 aromatic carbocycles. The van der Waals surface area contributed by atoms with Gasteiger partial charge in [-0.3, -0.25) is 9.59 Å². The maximum Gasteiger partial charge on any atom is 0.248 e. The summed E-state index contributed by atoms with van der Waals surface area (Å²) in [5.74, 6) is -1.45. The van der Waals surface area contributed by atoms with E-state index in [0.29, 0.717) is 11.1 Å². The first-order valence-corrected chi connectivity index (χ1v) is 7.04. The molecule has 3 N–H and O–H groups in total. The summed E-state index contributed by atoms with van der Waals surface area (Å²) in [7, 11) is 0. The maximum atomic E-state index is 13.7. The zero-order valence-corrected chi connectivity index (χ0v) is 12.6. The van der Waals surface area contributed by atoms with Crippen LogP contribution in [0.3, 0.4) is 0 Å². The molecule has 0 saturated heterocycles. The molecule has 2 aromatic rings. The number of amides is 2. The molecule has 0 unspecified atom stereocenters. The molecule has 0 saturated carbocycles. The predicted molar refractivity (Wildman–Crippen MR) is 87.0 cm³/mol. The van der Waals surface area contributed by atoms with E-state index in [1.165, 1.54) is 18.2 Å². The fourth-order valence-electron chi connectivity index (χ4n) is 1.93. The van der Waals surface area contributed by atoms with E-state index in [1.54, 1.807) is 30.3 Å². The number of hydrogen-bond donors (Lipinski definition) is 2. The minimum Gasteiger partial charge on any atom is -0.366 e. The average Bonchev–Trinajstić information content (AvgIpc) is 2.59. The second-order valence-corrected chi connectivity index (χ2v) is 4.96. The number of halogens is 1. The Hall–Kier alpha value is -3.46.